The van der Waals surface area contributed by atoms with E-state index in [1.54, 1.807) is 19.9 Å². The molecule has 38 heavy (non-hydrogen) atoms. The Kier molecular flexibility index (Phi) is 9.15. The maximum atomic E-state index is 11.6. The van der Waals surface area contributed by atoms with Crippen LogP contribution in [0.4, 0.5) is 0 Å². The smallest absolute Gasteiger partial charge is 0.339 e. The normalized spacial score (nSPS) is 17.3. The first-order chi connectivity index (χ1) is 18.3. The monoisotopic (exact) mass is 516 g/mol. The lowest BCUT2D eigenvalue weighted by Crippen LogP contribution is -2.45. The average Bonchev–Trinajstić information content (AvgIpc) is 2.92. The molecule has 4 N–H and O–H groups in total. The van der Waals surface area contributed by atoms with Crippen molar-refractivity contribution in [3.05, 3.63) is 88.3 Å². The SMILES string of the molecule is Cc1ncnc(C)c1C(=O)O.NC(=O)c1cccc(CN(C2CCNCC2)C2CCCc3cccnc32)c1. The van der Waals surface area contributed by atoms with Crippen LogP contribution in [0, 0.1) is 13.8 Å². The number of aromatic nitrogens is 3. The summed E-state index contributed by atoms with van der Waals surface area (Å²) < 4.78 is 0. The predicted molar refractivity (Wildman–Crippen MR) is 145 cm³/mol. The number of benzene rings is 1. The van der Waals surface area contributed by atoms with E-state index in [-0.39, 0.29) is 11.5 Å². The van der Waals surface area contributed by atoms with Crippen LogP contribution in [0.3, 0.4) is 0 Å². The Labute approximate surface area is 223 Å². The van der Waals surface area contributed by atoms with Crippen LogP contribution in [0.25, 0.3) is 0 Å². The number of carbonyl (C=O) groups excluding carboxylic acids is 1. The number of aromatic carboxylic acids is 1. The molecule has 3 aromatic rings. The molecule has 1 saturated heterocycles. The molecule has 1 aliphatic carbocycles. The lowest BCUT2D eigenvalue weighted by Gasteiger charge is -2.42. The van der Waals surface area contributed by atoms with Crippen molar-refractivity contribution in [3.8, 4) is 0 Å². The van der Waals surface area contributed by atoms with Crippen LogP contribution in [0.15, 0.2) is 48.9 Å². The molecule has 1 fully saturated rings. The van der Waals surface area contributed by atoms with Crippen LogP contribution in [0.5, 0.6) is 0 Å². The number of nitrogens with one attached hydrogen (secondary N) is 1. The summed E-state index contributed by atoms with van der Waals surface area (Å²) in [6.07, 6.45) is 9.04. The van der Waals surface area contributed by atoms with E-state index in [4.69, 9.17) is 15.8 Å². The molecule has 1 aromatic carbocycles. The zero-order valence-electron chi connectivity index (χ0n) is 22.1. The molecule has 200 valence electrons. The van der Waals surface area contributed by atoms with E-state index in [1.807, 2.05) is 24.4 Å². The molecule has 2 aromatic heterocycles. The molecule has 0 bridgehead atoms. The van der Waals surface area contributed by atoms with Gasteiger partial charge in [0.1, 0.15) is 11.9 Å². The number of rotatable bonds is 6. The van der Waals surface area contributed by atoms with Crippen molar-refractivity contribution < 1.29 is 14.7 Å². The molecule has 1 aliphatic heterocycles. The van der Waals surface area contributed by atoms with Gasteiger partial charge in [-0.15, -0.1) is 0 Å². The van der Waals surface area contributed by atoms with E-state index < -0.39 is 5.97 Å². The van der Waals surface area contributed by atoms with Gasteiger partial charge >= 0.3 is 5.97 Å². The number of carbonyl (C=O) groups is 2. The topological polar surface area (TPSA) is 134 Å². The zero-order chi connectivity index (χ0) is 27.1. The number of amides is 1. The van der Waals surface area contributed by atoms with Crippen LogP contribution in [0.2, 0.25) is 0 Å². The summed E-state index contributed by atoms with van der Waals surface area (Å²) in [5, 5.41) is 12.1. The maximum Gasteiger partial charge on any atom is 0.339 e. The van der Waals surface area contributed by atoms with Crippen molar-refractivity contribution in [2.45, 2.75) is 64.6 Å². The number of hydrogen-bond acceptors (Lipinski definition) is 7. The standard InChI is InChI=1S/C22H28N4O.C7H8N2O2/c23-22(27)18-6-1-4-16(14-18)15-26(19-9-12-24-13-10-19)20-8-2-5-17-7-3-11-25-21(17)20;1-4-6(7(10)11)5(2)9-3-8-4/h1,3-4,6-7,11,14,19-20,24H,2,5,8-10,12-13,15H2,(H2,23,27);3H,1-2H3,(H,10,11). The van der Waals surface area contributed by atoms with Crippen LogP contribution < -0.4 is 11.1 Å². The molecular formula is C29H36N6O3. The first kappa shape index (κ1) is 27.3. The van der Waals surface area contributed by atoms with Gasteiger partial charge in [0.2, 0.25) is 5.91 Å². The third-order valence-electron chi connectivity index (χ3n) is 7.36. The summed E-state index contributed by atoms with van der Waals surface area (Å²) in [7, 11) is 0. The Morgan fingerprint density at radius 1 is 1.05 bits per heavy atom. The Bertz CT molecular complexity index is 1250. The van der Waals surface area contributed by atoms with Crippen LogP contribution >= 0.6 is 0 Å². The van der Waals surface area contributed by atoms with E-state index in [2.05, 4.69) is 32.3 Å². The highest BCUT2D eigenvalue weighted by Crippen LogP contribution is 2.36. The first-order valence-electron chi connectivity index (χ1n) is 13.2. The molecule has 5 rings (SSSR count). The van der Waals surface area contributed by atoms with Crippen molar-refractivity contribution in [1.82, 2.24) is 25.2 Å². The number of carboxylic acids is 1. The number of fused-ring (bicyclic) bond motifs is 1. The fourth-order valence-electron chi connectivity index (χ4n) is 5.48. The second-order valence-corrected chi connectivity index (χ2v) is 9.90. The lowest BCUT2D eigenvalue weighted by molar-refractivity contribution is 0.0694. The summed E-state index contributed by atoms with van der Waals surface area (Å²) in [5.74, 6) is -1.34. The highest BCUT2D eigenvalue weighted by Gasteiger charge is 2.32. The summed E-state index contributed by atoms with van der Waals surface area (Å²) in [5.41, 5.74) is 11.1. The first-order valence-corrected chi connectivity index (χ1v) is 13.2. The van der Waals surface area contributed by atoms with Crippen molar-refractivity contribution in [2.75, 3.05) is 13.1 Å². The molecule has 9 heteroatoms. The minimum Gasteiger partial charge on any atom is -0.478 e. The van der Waals surface area contributed by atoms with E-state index >= 15 is 0 Å². The molecular weight excluding hydrogens is 480 g/mol. The van der Waals surface area contributed by atoms with Crippen molar-refractivity contribution in [1.29, 1.82) is 0 Å². The Morgan fingerprint density at radius 3 is 2.45 bits per heavy atom. The Hall–Kier alpha value is -3.69. The number of nitrogens with two attached hydrogens (primary N) is 1. The van der Waals surface area contributed by atoms with E-state index in [9.17, 15) is 9.59 Å². The third-order valence-corrected chi connectivity index (χ3v) is 7.36. The number of nitrogens with zero attached hydrogens (tertiary/aromatic N) is 4. The minimum atomic E-state index is -0.972. The van der Waals surface area contributed by atoms with E-state index in [1.165, 1.54) is 24.0 Å². The quantitative estimate of drug-likeness (QED) is 0.452. The second-order valence-electron chi connectivity index (χ2n) is 9.90. The number of primary amides is 1. The van der Waals surface area contributed by atoms with E-state index in [0.717, 1.165) is 50.9 Å². The van der Waals surface area contributed by atoms with Gasteiger partial charge < -0.3 is 16.2 Å². The number of piperidine rings is 1. The number of pyridine rings is 1. The van der Waals surface area contributed by atoms with Gasteiger partial charge in [-0.3, -0.25) is 14.7 Å². The second kappa shape index (κ2) is 12.7. The number of hydrogen-bond donors (Lipinski definition) is 3. The van der Waals surface area contributed by atoms with Gasteiger partial charge in [0.15, 0.2) is 0 Å². The van der Waals surface area contributed by atoms with Crippen LogP contribution in [0.1, 0.15) is 80.6 Å². The zero-order valence-corrected chi connectivity index (χ0v) is 22.1. The number of aryl methyl sites for hydroxylation is 3. The summed E-state index contributed by atoms with van der Waals surface area (Å²) >= 11 is 0. The molecule has 3 heterocycles. The van der Waals surface area contributed by atoms with Gasteiger partial charge in [0.05, 0.1) is 23.1 Å². The predicted octanol–water partition coefficient (Wildman–Crippen LogP) is 3.60. The van der Waals surface area contributed by atoms with Gasteiger partial charge in [-0.1, -0.05) is 18.2 Å². The minimum absolute atomic E-state index is 0.201. The molecule has 1 unspecified atom stereocenters. The van der Waals surface area contributed by atoms with Crippen LogP contribution in [-0.2, 0) is 13.0 Å². The molecule has 1 amide bonds. The van der Waals surface area contributed by atoms with Gasteiger partial charge in [-0.25, -0.2) is 14.8 Å². The fraction of sp³-hybridized carbons (Fsp3) is 0.414. The summed E-state index contributed by atoms with van der Waals surface area (Å²) in [6.45, 7) is 6.25. The maximum absolute atomic E-state index is 11.6. The van der Waals surface area contributed by atoms with Gasteiger partial charge in [-0.2, -0.15) is 0 Å². The van der Waals surface area contributed by atoms with Crippen molar-refractivity contribution in [3.63, 3.8) is 0 Å². The average molecular weight is 517 g/mol. The highest BCUT2D eigenvalue weighted by atomic mass is 16.4. The molecule has 0 spiro atoms. The lowest BCUT2D eigenvalue weighted by atomic mass is 9.88. The Balaban J connectivity index is 0.000000257. The molecule has 0 saturated carbocycles. The van der Waals surface area contributed by atoms with Gasteiger partial charge in [0, 0.05) is 24.3 Å². The molecule has 0 radical (unpaired) electrons. The Morgan fingerprint density at radius 2 is 1.79 bits per heavy atom. The largest absolute Gasteiger partial charge is 0.478 e. The van der Waals surface area contributed by atoms with E-state index in [0.29, 0.717) is 29.0 Å². The van der Waals surface area contributed by atoms with Gasteiger partial charge in [0.25, 0.3) is 0 Å². The van der Waals surface area contributed by atoms with Crippen LogP contribution in [-0.4, -0.2) is 56.0 Å². The van der Waals surface area contributed by atoms with Crippen molar-refractivity contribution >= 4 is 11.9 Å². The molecule has 2 aliphatic rings. The fourth-order valence-corrected chi connectivity index (χ4v) is 5.48. The molecule has 1 atom stereocenters. The van der Waals surface area contributed by atoms with Crippen molar-refractivity contribution in [2.24, 2.45) is 5.73 Å². The molecule has 9 nitrogen and oxygen atoms in total. The summed E-state index contributed by atoms with van der Waals surface area (Å²) in [6, 6.07) is 12.9. The highest BCUT2D eigenvalue weighted by molar-refractivity contribution is 5.92. The third kappa shape index (κ3) is 6.59. The summed E-state index contributed by atoms with van der Waals surface area (Å²) in [4.78, 5) is 37.1. The number of carboxylic acid groups (broad SMARTS) is 1. The van der Waals surface area contributed by atoms with Gasteiger partial charge in [-0.05, 0) is 88.4 Å².